The highest BCUT2D eigenvalue weighted by atomic mass is 19.3. The van der Waals surface area contributed by atoms with Crippen molar-refractivity contribution in [2.75, 3.05) is 0 Å². The summed E-state index contributed by atoms with van der Waals surface area (Å²) in [6, 6.07) is 0.896. The summed E-state index contributed by atoms with van der Waals surface area (Å²) in [6.45, 7) is -3.17. The molecule has 0 aromatic carbocycles. The molecule has 1 aromatic heterocycles. The zero-order chi connectivity index (χ0) is 11.4. The maximum absolute atomic E-state index is 13.2. The standard InChI is InChI=1S/C8H6F3NO3/c9-7-4(3-6(13)14)12-2-1-5(7)15-8(10)11/h1-2,8H,3H2,(H,13,14). The van der Waals surface area contributed by atoms with Crippen LogP contribution in [0.15, 0.2) is 12.3 Å². The molecular weight excluding hydrogens is 215 g/mol. The molecule has 0 saturated carbocycles. The van der Waals surface area contributed by atoms with Crippen molar-refractivity contribution in [3.63, 3.8) is 0 Å². The van der Waals surface area contributed by atoms with Crippen LogP contribution in [-0.4, -0.2) is 22.7 Å². The molecule has 0 amide bonds. The van der Waals surface area contributed by atoms with E-state index in [2.05, 4.69) is 9.72 Å². The fourth-order valence-electron chi connectivity index (χ4n) is 0.920. The van der Waals surface area contributed by atoms with E-state index in [1.807, 2.05) is 0 Å². The first-order valence-electron chi connectivity index (χ1n) is 3.80. The Morgan fingerprint density at radius 3 is 2.80 bits per heavy atom. The number of rotatable bonds is 4. The van der Waals surface area contributed by atoms with E-state index in [0.717, 1.165) is 12.3 Å². The Bertz CT molecular complexity index is 370. The topological polar surface area (TPSA) is 59.4 Å². The molecule has 0 aliphatic carbocycles. The van der Waals surface area contributed by atoms with Gasteiger partial charge < -0.3 is 9.84 Å². The Balaban J connectivity index is 2.95. The summed E-state index contributed by atoms with van der Waals surface area (Å²) in [7, 11) is 0. The van der Waals surface area contributed by atoms with Gasteiger partial charge in [0, 0.05) is 12.3 Å². The van der Waals surface area contributed by atoms with Gasteiger partial charge in [-0.1, -0.05) is 0 Å². The Labute approximate surface area is 82.3 Å². The van der Waals surface area contributed by atoms with Gasteiger partial charge in [-0.2, -0.15) is 8.78 Å². The summed E-state index contributed by atoms with van der Waals surface area (Å²) >= 11 is 0. The minimum atomic E-state index is -3.17. The van der Waals surface area contributed by atoms with Gasteiger partial charge in [0.2, 0.25) is 0 Å². The normalized spacial score (nSPS) is 10.4. The van der Waals surface area contributed by atoms with Crippen molar-refractivity contribution >= 4 is 5.97 Å². The van der Waals surface area contributed by atoms with Crippen LogP contribution in [0.2, 0.25) is 0 Å². The molecule has 0 atom stereocenters. The van der Waals surface area contributed by atoms with Crippen LogP contribution >= 0.6 is 0 Å². The smallest absolute Gasteiger partial charge is 0.387 e. The van der Waals surface area contributed by atoms with Gasteiger partial charge in [-0.15, -0.1) is 0 Å². The molecule has 1 N–H and O–H groups in total. The monoisotopic (exact) mass is 221 g/mol. The van der Waals surface area contributed by atoms with Crippen LogP contribution < -0.4 is 4.74 Å². The summed E-state index contributed by atoms with van der Waals surface area (Å²) in [5.41, 5.74) is -0.444. The Kier molecular flexibility index (Phi) is 3.48. The third kappa shape index (κ3) is 3.12. The van der Waals surface area contributed by atoms with Gasteiger partial charge in [0.25, 0.3) is 0 Å². The average Bonchev–Trinajstić information content (AvgIpc) is 2.10. The predicted octanol–water partition coefficient (Wildman–Crippen LogP) is 1.45. The number of carbonyl (C=O) groups is 1. The van der Waals surface area contributed by atoms with E-state index in [0.29, 0.717) is 0 Å². The van der Waals surface area contributed by atoms with E-state index < -0.39 is 36.3 Å². The molecule has 0 aliphatic heterocycles. The number of aliphatic carboxylic acids is 1. The van der Waals surface area contributed by atoms with E-state index in [1.165, 1.54) is 0 Å². The molecule has 0 fully saturated rings. The van der Waals surface area contributed by atoms with E-state index in [9.17, 15) is 18.0 Å². The zero-order valence-corrected chi connectivity index (χ0v) is 7.28. The van der Waals surface area contributed by atoms with Crippen LogP contribution in [0.3, 0.4) is 0 Å². The molecule has 1 aromatic rings. The number of halogens is 3. The van der Waals surface area contributed by atoms with E-state index in [4.69, 9.17) is 5.11 Å². The Morgan fingerprint density at radius 1 is 1.60 bits per heavy atom. The third-order valence-electron chi connectivity index (χ3n) is 1.46. The zero-order valence-electron chi connectivity index (χ0n) is 7.28. The van der Waals surface area contributed by atoms with Crippen molar-refractivity contribution in [1.82, 2.24) is 4.98 Å². The van der Waals surface area contributed by atoms with Crippen LogP contribution in [0, 0.1) is 5.82 Å². The fraction of sp³-hybridized carbons (Fsp3) is 0.250. The van der Waals surface area contributed by atoms with Crippen LogP contribution in [0.4, 0.5) is 13.2 Å². The number of carboxylic acid groups (broad SMARTS) is 1. The van der Waals surface area contributed by atoms with Gasteiger partial charge in [0.05, 0.1) is 12.1 Å². The number of ether oxygens (including phenoxy) is 1. The number of aromatic nitrogens is 1. The fourth-order valence-corrected chi connectivity index (χ4v) is 0.920. The molecule has 0 saturated heterocycles. The van der Waals surface area contributed by atoms with Gasteiger partial charge in [-0.05, 0) is 0 Å². The summed E-state index contributed by atoms with van der Waals surface area (Å²) in [4.78, 5) is 13.7. The molecule has 0 spiro atoms. The van der Waals surface area contributed by atoms with E-state index in [-0.39, 0.29) is 0 Å². The van der Waals surface area contributed by atoms with Crippen LogP contribution in [-0.2, 0) is 11.2 Å². The SMILES string of the molecule is O=C(O)Cc1nccc(OC(F)F)c1F. The lowest BCUT2D eigenvalue weighted by molar-refractivity contribution is -0.136. The number of carboxylic acids is 1. The minimum Gasteiger partial charge on any atom is -0.481 e. The summed E-state index contributed by atoms with van der Waals surface area (Å²) < 4.78 is 40.6. The second-order valence-electron chi connectivity index (χ2n) is 2.52. The molecule has 0 aliphatic rings. The second-order valence-corrected chi connectivity index (χ2v) is 2.52. The van der Waals surface area contributed by atoms with Crippen molar-refractivity contribution in [3.05, 3.63) is 23.8 Å². The lowest BCUT2D eigenvalue weighted by atomic mass is 10.2. The van der Waals surface area contributed by atoms with Crippen molar-refractivity contribution in [1.29, 1.82) is 0 Å². The Hall–Kier alpha value is -1.79. The quantitative estimate of drug-likeness (QED) is 0.835. The minimum absolute atomic E-state index is 0.444. The first-order valence-corrected chi connectivity index (χ1v) is 3.80. The van der Waals surface area contributed by atoms with Gasteiger partial charge >= 0.3 is 12.6 Å². The summed E-state index contributed by atoms with van der Waals surface area (Å²) in [5, 5.41) is 8.37. The number of alkyl halides is 2. The number of pyridine rings is 1. The van der Waals surface area contributed by atoms with Crippen molar-refractivity contribution in [2.24, 2.45) is 0 Å². The van der Waals surface area contributed by atoms with Gasteiger partial charge in [-0.25, -0.2) is 4.39 Å². The third-order valence-corrected chi connectivity index (χ3v) is 1.46. The molecule has 4 nitrogen and oxygen atoms in total. The average molecular weight is 221 g/mol. The summed E-state index contributed by atoms with van der Waals surface area (Å²) in [5.74, 6) is -3.20. The van der Waals surface area contributed by atoms with Crippen molar-refractivity contribution in [2.45, 2.75) is 13.0 Å². The molecule has 0 unspecified atom stereocenters. The van der Waals surface area contributed by atoms with Crippen LogP contribution in [0.1, 0.15) is 5.69 Å². The second kappa shape index (κ2) is 4.63. The highest BCUT2D eigenvalue weighted by Gasteiger charge is 2.16. The largest absolute Gasteiger partial charge is 0.481 e. The number of hydrogen-bond acceptors (Lipinski definition) is 3. The first kappa shape index (κ1) is 11.3. The number of nitrogens with zero attached hydrogens (tertiary/aromatic N) is 1. The molecule has 1 rings (SSSR count). The Morgan fingerprint density at radius 2 is 2.27 bits per heavy atom. The molecule has 0 bridgehead atoms. The molecule has 7 heteroatoms. The lowest BCUT2D eigenvalue weighted by Crippen LogP contribution is -2.09. The van der Waals surface area contributed by atoms with E-state index >= 15 is 0 Å². The van der Waals surface area contributed by atoms with Crippen LogP contribution in [0.5, 0.6) is 5.75 Å². The number of hydrogen-bond donors (Lipinski definition) is 1. The predicted molar refractivity (Wildman–Crippen MR) is 42.2 cm³/mol. The highest BCUT2D eigenvalue weighted by molar-refractivity contribution is 5.69. The molecule has 82 valence electrons. The molecule has 0 radical (unpaired) electrons. The maximum Gasteiger partial charge on any atom is 0.387 e. The van der Waals surface area contributed by atoms with E-state index in [1.54, 1.807) is 0 Å². The highest BCUT2D eigenvalue weighted by Crippen LogP contribution is 2.20. The maximum atomic E-state index is 13.2. The first-order chi connectivity index (χ1) is 7.00. The molecular formula is C8H6F3NO3. The van der Waals surface area contributed by atoms with Gasteiger partial charge in [0.1, 0.15) is 0 Å². The van der Waals surface area contributed by atoms with Gasteiger partial charge in [-0.3, -0.25) is 9.78 Å². The van der Waals surface area contributed by atoms with Crippen molar-refractivity contribution < 1.29 is 27.8 Å². The summed E-state index contributed by atoms with van der Waals surface area (Å²) in [6.07, 6.45) is 0.311. The molecule has 15 heavy (non-hydrogen) atoms. The van der Waals surface area contributed by atoms with Crippen LogP contribution in [0.25, 0.3) is 0 Å². The molecule has 1 heterocycles. The van der Waals surface area contributed by atoms with Gasteiger partial charge in [0.15, 0.2) is 11.6 Å². The lowest BCUT2D eigenvalue weighted by Gasteiger charge is -2.06. The van der Waals surface area contributed by atoms with Crippen molar-refractivity contribution in [3.8, 4) is 5.75 Å².